The Morgan fingerprint density at radius 1 is 1.10 bits per heavy atom. The molecule has 0 spiro atoms. The zero-order valence-corrected chi connectivity index (χ0v) is 17.5. The van der Waals surface area contributed by atoms with Gasteiger partial charge < -0.3 is 14.2 Å². The highest BCUT2D eigenvalue weighted by atomic mass is 32.2. The number of halogens is 2. The smallest absolute Gasteiger partial charge is 0.387 e. The molecule has 1 heterocycles. The maximum Gasteiger partial charge on any atom is 0.387 e. The van der Waals surface area contributed by atoms with E-state index in [9.17, 15) is 22.0 Å². The van der Waals surface area contributed by atoms with Gasteiger partial charge in [-0.3, -0.25) is 4.79 Å². The van der Waals surface area contributed by atoms with Crippen molar-refractivity contribution in [3.63, 3.8) is 0 Å². The quantitative estimate of drug-likeness (QED) is 0.451. The molecule has 31 heavy (non-hydrogen) atoms. The van der Waals surface area contributed by atoms with Crippen molar-refractivity contribution >= 4 is 21.9 Å². The molecule has 0 N–H and O–H groups in total. The predicted molar refractivity (Wildman–Crippen MR) is 109 cm³/mol. The maximum atomic E-state index is 12.6. The Bertz CT molecular complexity index is 1050. The first-order valence-electron chi connectivity index (χ1n) is 9.34. The van der Waals surface area contributed by atoms with E-state index in [0.717, 1.165) is 0 Å². The minimum atomic E-state index is -3.64. The lowest BCUT2D eigenvalue weighted by Gasteiger charge is -2.26. The molecule has 0 radical (unpaired) electrons. The van der Waals surface area contributed by atoms with Crippen molar-refractivity contribution < 1.29 is 36.2 Å². The number of alkyl halides is 2. The molecule has 0 aliphatic carbocycles. The van der Waals surface area contributed by atoms with E-state index in [2.05, 4.69) is 4.74 Å². The number of morpholine rings is 1. The van der Waals surface area contributed by atoms with Crippen molar-refractivity contribution in [2.45, 2.75) is 11.5 Å². The number of allylic oxidation sites excluding steroid dienone is 1. The number of ether oxygens (including phenoxy) is 3. The molecule has 1 aliphatic heterocycles. The fraction of sp³-hybridized carbons (Fsp3) is 0.286. The summed E-state index contributed by atoms with van der Waals surface area (Å²) < 4.78 is 66.2. The molecular weight excluding hydrogens is 432 g/mol. The molecule has 0 bridgehead atoms. The summed E-state index contributed by atoms with van der Waals surface area (Å²) in [4.78, 5) is 12.5. The van der Waals surface area contributed by atoms with Gasteiger partial charge in [0.05, 0.1) is 25.2 Å². The van der Waals surface area contributed by atoms with Crippen LogP contribution in [0.1, 0.15) is 15.9 Å². The second kappa shape index (κ2) is 9.99. The predicted octanol–water partition coefficient (Wildman–Crippen LogP) is 3.21. The van der Waals surface area contributed by atoms with Crippen molar-refractivity contribution in [1.82, 2.24) is 4.31 Å². The molecule has 7 nitrogen and oxygen atoms in total. The van der Waals surface area contributed by atoms with Crippen LogP contribution in [0.25, 0.3) is 6.08 Å². The second-order valence-corrected chi connectivity index (χ2v) is 8.47. The summed E-state index contributed by atoms with van der Waals surface area (Å²) in [5.74, 6) is -0.381. The Kier molecular flexibility index (Phi) is 7.37. The lowest BCUT2D eigenvalue weighted by molar-refractivity contribution is -0.0512. The molecule has 1 aliphatic rings. The lowest BCUT2D eigenvalue weighted by atomic mass is 10.1. The topological polar surface area (TPSA) is 82.1 Å². The minimum absolute atomic E-state index is 0.0962. The van der Waals surface area contributed by atoms with Crippen LogP contribution >= 0.6 is 0 Å². The number of methoxy groups -OCH3 is 1. The van der Waals surface area contributed by atoms with Crippen LogP contribution in [0, 0.1) is 0 Å². The lowest BCUT2D eigenvalue weighted by Crippen LogP contribution is -2.40. The average molecular weight is 453 g/mol. The van der Waals surface area contributed by atoms with E-state index in [4.69, 9.17) is 9.47 Å². The van der Waals surface area contributed by atoms with Crippen LogP contribution in [0.5, 0.6) is 11.5 Å². The van der Waals surface area contributed by atoms with Crippen molar-refractivity contribution in [1.29, 1.82) is 0 Å². The van der Waals surface area contributed by atoms with E-state index in [1.165, 1.54) is 60.0 Å². The van der Waals surface area contributed by atoms with Crippen LogP contribution in [-0.4, -0.2) is 58.5 Å². The van der Waals surface area contributed by atoms with E-state index >= 15 is 0 Å². The Balaban J connectivity index is 1.73. The number of carbonyl (C=O) groups is 1. The highest BCUT2D eigenvalue weighted by Gasteiger charge is 2.26. The molecule has 0 atom stereocenters. The monoisotopic (exact) mass is 453 g/mol. The van der Waals surface area contributed by atoms with Crippen molar-refractivity contribution in [3.8, 4) is 11.5 Å². The van der Waals surface area contributed by atoms with Gasteiger partial charge in [0, 0.05) is 18.7 Å². The SMILES string of the molecule is COc1ccc(/C=C/C(=O)c2ccc(S(=O)(=O)N3CCOCC3)cc2)cc1OC(F)F. The molecule has 0 amide bonds. The second-order valence-electron chi connectivity index (χ2n) is 6.53. The average Bonchev–Trinajstić information content (AvgIpc) is 2.78. The number of ketones is 1. The Labute approximate surface area is 178 Å². The summed E-state index contributed by atoms with van der Waals surface area (Å²) in [6, 6.07) is 9.99. The van der Waals surface area contributed by atoms with Gasteiger partial charge in [0.2, 0.25) is 10.0 Å². The van der Waals surface area contributed by atoms with Gasteiger partial charge in [-0.15, -0.1) is 0 Å². The standard InChI is InChI=1S/C21H21F2NO6S/c1-28-19-9-3-15(14-20(19)30-21(22)23)2-8-18(25)16-4-6-17(7-5-16)31(26,27)24-10-12-29-13-11-24/h2-9,14,21H,10-13H2,1H3/b8-2+. The summed E-state index contributed by atoms with van der Waals surface area (Å²) in [6.45, 7) is -1.76. The first kappa shape index (κ1) is 22.9. The molecule has 1 saturated heterocycles. The number of hydrogen-bond donors (Lipinski definition) is 0. The Morgan fingerprint density at radius 3 is 2.39 bits per heavy atom. The fourth-order valence-electron chi connectivity index (χ4n) is 2.98. The van der Waals surface area contributed by atoms with E-state index in [1.807, 2.05) is 0 Å². The number of hydrogen-bond acceptors (Lipinski definition) is 6. The van der Waals surface area contributed by atoms with Crippen LogP contribution in [0.3, 0.4) is 0 Å². The zero-order valence-electron chi connectivity index (χ0n) is 16.7. The fourth-order valence-corrected chi connectivity index (χ4v) is 4.39. The minimum Gasteiger partial charge on any atom is -0.493 e. The van der Waals surface area contributed by atoms with Crippen LogP contribution in [0.4, 0.5) is 8.78 Å². The highest BCUT2D eigenvalue weighted by Crippen LogP contribution is 2.30. The summed E-state index contributed by atoms with van der Waals surface area (Å²) >= 11 is 0. The van der Waals surface area contributed by atoms with E-state index in [0.29, 0.717) is 18.8 Å². The van der Waals surface area contributed by atoms with Gasteiger partial charge in [-0.25, -0.2) is 8.42 Å². The van der Waals surface area contributed by atoms with E-state index < -0.39 is 16.6 Å². The van der Waals surface area contributed by atoms with Gasteiger partial charge in [-0.1, -0.05) is 12.1 Å². The van der Waals surface area contributed by atoms with Crippen LogP contribution in [0.15, 0.2) is 53.4 Å². The van der Waals surface area contributed by atoms with Crippen LogP contribution in [-0.2, 0) is 14.8 Å². The number of rotatable bonds is 8. The van der Waals surface area contributed by atoms with Gasteiger partial charge in [0.15, 0.2) is 17.3 Å². The molecule has 3 rings (SSSR count). The number of sulfonamides is 1. The number of benzene rings is 2. The van der Waals surface area contributed by atoms with Crippen molar-refractivity contribution in [3.05, 3.63) is 59.7 Å². The molecular formula is C21H21F2NO6S. The summed E-state index contributed by atoms with van der Waals surface area (Å²) in [7, 11) is -2.32. The molecule has 2 aromatic carbocycles. The van der Waals surface area contributed by atoms with E-state index in [-0.39, 0.29) is 40.8 Å². The highest BCUT2D eigenvalue weighted by molar-refractivity contribution is 7.89. The van der Waals surface area contributed by atoms with Gasteiger partial charge in [-0.05, 0) is 48.0 Å². The molecule has 166 valence electrons. The number of nitrogens with zero attached hydrogens (tertiary/aromatic N) is 1. The van der Waals surface area contributed by atoms with Crippen LogP contribution in [0.2, 0.25) is 0 Å². The number of carbonyl (C=O) groups excluding carboxylic acids is 1. The van der Waals surface area contributed by atoms with Gasteiger partial charge in [0.1, 0.15) is 0 Å². The summed E-state index contributed by atoms with van der Waals surface area (Å²) in [5, 5.41) is 0. The van der Waals surface area contributed by atoms with Gasteiger partial charge in [0.25, 0.3) is 0 Å². The molecule has 0 saturated carbocycles. The molecule has 2 aromatic rings. The molecule has 0 aromatic heterocycles. The Hall–Kier alpha value is -2.82. The van der Waals surface area contributed by atoms with Gasteiger partial charge >= 0.3 is 6.61 Å². The van der Waals surface area contributed by atoms with Crippen molar-refractivity contribution in [2.75, 3.05) is 33.4 Å². The molecule has 0 unspecified atom stereocenters. The van der Waals surface area contributed by atoms with E-state index in [1.54, 1.807) is 6.07 Å². The first-order valence-corrected chi connectivity index (χ1v) is 10.8. The zero-order chi connectivity index (χ0) is 22.4. The normalized spacial score (nSPS) is 15.4. The van der Waals surface area contributed by atoms with Crippen LogP contribution < -0.4 is 9.47 Å². The molecule has 10 heteroatoms. The largest absolute Gasteiger partial charge is 0.493 e. The first-order chi connectivity index (χ1) is 14.8. The summed E-state index contributed by atoms with van der Waals surface area (Å²) in [6.07, 6.45) is 2.71. The summed E-state index contributed by atoms with van der Waals surface area (Å²) in [5.41, 5.74) is 0.742. The Morgan fingerprint density at radius 2 is 1.77 bits per heavy atom. The maximum absolute atomic E-state index is 12.6. The third-order valence-corrected chi connectivity index (χ3v) is 6.49. The third-order valence-electron chi connectivity index (χ3n) is 4.58. The van der Waals surface area contributed by atoms with Crippen molar-refractivity contribution in [2.24, 2.45) is 0 Å². The van der Waals surface area contributed by atoms with Gasteiger partial charge in [-0.2, -0.15) is 13.1 Å². The molecule has 1 fully saturated rings. The third kappa shape index (κ3) is 5.66.